The van der Waals surface area contributed by atoms with Gasteiger partial charge in [0, 0.05) is 40.7 Å². The number of ketones is 1. The number of Topliss-reactive ketones (excluding diaryl/α,β-unsaturated/α-hetero) is 1. The lowest BCUT2D eigenvalue weighted by Crippen LogP contribution is -2.14. The van der Waals surface area contributed by atoms with E-state index >= 15 is 0 Å². The van der Waals surface area contributed by atoms with Gasteiger partial charge < -0.3 is 4.57 Å². The smallest absolute Gasteiger partial charge is 0.163 e. The number of aryl methyl sites for hydroxylation is 1. The Labute approximate surface area is 147 Å². The Hall–Kier alpha value is -2.06. The maximum Gasteiger partial charge on any atom is 0.163 e. The molecular formula is C21H20ClNO. The van der Waals surface area contributed by atoms with E-state index in [2.05, 4.69) is 35.9 Å². The highest BCUT2D eigenvalue weighted by molar-refractivity contribution is 6.30. The van der Waals surface area contributed by atoms with Crippen LogP contribution in [0.5, 0.6) is 0 Å². The van der Waals surface area contributed by atoms with E-state index in [-0.39, 0.29) is 5.78 Å². The molecule has 0 radical (unpaired) electrons. The number of aromatic nitrogens is 1. The van der Waals surface area contributed by atoms with Crippen molar-refractivity contribution >= 4 is 28.3 Å². The van der Waals surface area contributed by atoms with Gasteiger partial charge in [0.05, 0.1) is 0 Å². The van der Waals surface area contributed by atoms with Crippen molar-refractivity contribution in [1.29, 1.82) is 0 Å². The summed E-state index contributed by atoms with van der Waals surface area (Å²) in [5.74, 6) is 0.514. The summed E-state index contributed by atoms with van der Waals surface area (Å²) in [5, 5.41) is 1.98. The van der Waals surface area contributed by atoms with Gasteiger partial charge in [0.1, 0.15) is 0 Å². The second kappa shape index (κ2) is 6.10. The Morgan fingerprint density at radius 3 is 2.71 bits per heavy atom. The number of carbonyl (C=O) groups is 1. The van der Waals surface area contributed by atoms with Crippen LogP contribution in [-0.2, 0) is 13.5 Å². The molecule has 2 aromatic carbocycles. The van der Waals surface area contributed by atoms with Crippen LogP contribution >= 0.6 is 11.6 Å². The molecule has 1 aliphatic rings. The van der Waals surface area contributed by atoms with Crippen LogP contribution in [0.3, 0.4) is 0 Å². The molecule has 0 saturated heterocycles. The first-order chi connectivity index (χ1) is 11.6. The molecule has 0 amide bonds. The van der Waals surface area contributed by atoms with Crippen LogP contribution < -0.4 is 0 Å². The van der Waals surface area contributed by atoms with Crippen LogP contribution in [0.25, 0.3) is 10.9 Å². The van der Waals surface area contributed by atoms with Crippen molar-refractivity contribution in [2.75, 3.05) is 0 Å². The number of para-hydroxylation sites is 1. The van der Waals surface area contributed by atoms with Crippen LogP contribution in [-0.4, -0.2) is 10.4 Å². The molecular weight excluding hydrogens is 318 g/mol. The summed E-state index contributed by atoms with van der Waals surface area (Å²) in [6.45, 7) is 0. The van der Waals surface area contributed by atoms with Gasteiger partial charge in [-0.3, -0.25) is 4.79 Å². The van der Waals surface area contributed by atoms with Crippen LogP contribution in [0.1, 0.15) is 46.8 Å². The van der Waals surface area contributed by atoms with Gasteiger partial charge >= 0.3 is 0 Å². The third-order valence-electron chi connectivity index (χ3n) is 5.24. The highest BCUT2D eigenvalue weighted by Gasteiger charge is 2.28. The maximum absolute atomic E-state index is 12.7. The van der Waals surface area contributed by atoms with Crippen LogP contribution in [0.2, 0.25) is 5.02 Å². The normalized spacial score (nSPS) is 17.0. The zero-order valence-corrected chi connectivity index (χ0v) is 14.5. The van der Waals surface area contributed by atoms with Crippen molar-refractivity contribution in [3.8, 4) is 0 Å². The zero-order chi connectivity index (χ0) is 16.7. The van der Waals surface area contributed by atoms with Gasteiger partial charge in [-0.2, -0.15) is 0 Å². The number of rotatable bonds is 3. The molecule has 1 aromatic heterocycles. The Kier molecular flexibility index (Phi) is 3.93. The molecule has 24 heavy (non-hydrogen) atoms. The predicted molar refractivity (Wildman–Crippen MR) is 99.0 cm³/mol. The van der Waals surface area contributed by atoms with Crippen molar-refractivity contribution in [3.63, 3.8) is 0 Å². The topological polar surface area (TPSA) is 22.0 Å². The number of benzene rings is 2. The molecule has 2 nitrogen and oxygen atoms in total. The van der Waals surface area contributed by atoms with E-state index in [1.807, 2.05) is 12.1 Å². The van der Waals surface area contributed by atoms with Crippen molar-refractivity contribution in [1.82, 2.24) is 4.57 Å². The molecule has 0 aliphatic heterocycles. The fourth-order valence-electron chi connectivity index (χ4n) is 4.08. The van der Waals surface area contributed by atoms with Gasteiger partial charge in [0.15, 0.2) is 5.78 Å². The van der Waals surface area contributed by atoms with Gasteiger partial charge in [-0.25, -0.2) is 0 Å². The molecule has 3 heteroatoms. The lowest BCUT2D eigenvalue weighted by molar-refractivity contribution is 0.0971. The Bertz CT molecular complexity index is 907. The molecule has 4 rings (SSSR count). The summed E-state index contributed by atoms with van der Waals surface area (Å²) in [6, 6.07) is 15.8. The second-order valence-corrected chi connectivity index (χ2v) is 7.10. The molecule has 0 spiro atoms. The molecule has 1 aliphatic carbocycles. The molecule has 3 aromatic rings. The molecule has 0 bridgehead atoms. The van der Waals surface area contributed by atoms with Gasteiger partial charge in [0.25, 0.3) is 0 Å². The fraction of sp³-hybridized carbons (Fsp3) is 0.286. The highest BCUT2D eigenvalue weighted by Crippen LogP contribution is 2.40. The summed E-state index contributed by atoms with van der Waals surface area (Å²) in [4.78, 5) is 12.7. The molecule has 0 fully saturated rings. The SMILES string of the molecule is Cn1c2c(c3ccccc31)C(CC(=O)c1ccc(Cl)cc1)CCC2. The first-order valence-corrected chi connectivity index (χ1v) is 8.88. The predicted octanol–water partition coefficient (Wildman–Crippen LogP) is 5.52. The summed E-state index contributed by atoms with van der Waals surface area (Å²) in [5.41, 5.74) is 4.82. The summed E-state index contributed by atoms with van der Waals surface area (Å²) in [6.07, 6.45) is 3.91. The second-order valence-electron chi connectivity index (χ2n) is 6.66. The summed E-state index contributed by atoms with van der Waals surface area (Å²) in [7, 11) is 2.14. The highest BCUT2D eigenvalue weighted by atomic mass is 35.5. The van der Waals surface area contributed by atoms with Crippen molar-refractivity contribution in [2.24, 2.45) is 7.05 Å². The van der Waals surface area contributed by atoms with Crippen LogP contribution in [0.15, 0.2) is 48.5 Å². The van der Waals surface area contributed by atoms with Crippen molar-refractivity contribution in [2.45, 2.75) is 31.6 Å². The fourth-order valence-corrected chi connectivity index (χ4v) is 4.20. The summed E-state index contributed by atoms with van der Waals surface area (Å²) >= 11 is 5.93. The number of halogens is 1. The van der Waals surface area contributed by atoms with E-state index in [4.69, 9.17) is 11.6 Å². The third-order valence-corrected chi connectivity index (χ3v) is 5.50. The van der Waals surface area contributed by atoms with Gasteiger partial charge in [-0.1, -0.05) is 29.8 Å². The molecule has 122 valence electrons. The average Bonchev–Trinajstić information content (AvgIpc) is 2.90. The maximum atomic E-state index is 12.7. The van der Waals surface area contributed by atoms with E-state index in [1.165, 1.54) is 22.2 Å². The first kappa shape index (κ1) is 15.5. The average molecular weight is 338 g/mol. The Balaban J connectivity index is 1.70. The molecule has 0 saturated carbocycles. The zero-order valence-electron chi connectivity index (χ0n) is 13.8. The Morgan fingerprint density at radius 2 is 1.92 bits per heavy atom. The summed E-state index contributed by atoms with van der Waals surface area (Å²) < 4.78 is 2.31. The Morgan fingerprint density at radius 1 is 1.17 bits per heavy atom. The molecule has 0 N–H and O–H groups in total. The van der Waals surface area contributed by atoms with E-state index in [0.29, 0.717) is 17.4 Å². The molecule has 1 unspecified atom stereocenters. The van der Waals surface area contributed by atoms with Crippen LogP contribution in [0.4, 0.5) is 0 Å². The third kappa shape index (κ3) is 2.55. The van der Waals surface area contributed by atoms with Gasteiger partial charge in [-0.15, -0.1) is 0 Å². The number of nitrogens with zero attached hydrogens (tertiary/aromatic N) is 1. The molecule has 1 atom stereocenters. The van der Waals surface area contributed by atoms with E-state index in [0.717, 1.165) is 24.8 Å². The number of hydrogen-bond acceptors (Lipinski definition) is 1. The lowest BCUT2D eigenvalue weighted by atomic mass is 9.81. The number of hydrogen-bond donors (Lipinski definition) is 0. The minimum absolute atomic E-state index is 0.206. The minimum atomic E-state index is 0.206. The van der Waals surface area contributed by atoms with Crippen LogP contribution in [0, 0.1) is 0 Å². The monoisotopic (exact) mass is 337 g/mol. The van der Waals surface area contributed by atoms with Gasteiger partial charge in [0.2, 0.25) is 0 Å². The number of fused-ring (bicyclic) bond motifs is 3. The lowest BCUT2D eigenvalue weighted by Gasteiger charge is -2.23. The first-order valence-electron chi connectivity index (χ1n) is 8.50. The largest absolute Gasteiger partial charge is 0.347 e. The van der Waals surface area contributed by atoms with Crippen molar-refractivity contribution in [3.05, 3.63) is 70.4 Å². The minimum Gasteiger partial charge on any atom is -0.347 e. The van der Waals surface area contributed by atoms with E-state index in [1.54, 1.807) is 12.1 Å². The standard InChI is InChI=1S/C21H20ClNO/c1-23-18-7-3-2-6-17(18)21-15(5-4-8-19(21)23)13-20(24)14-9-11-16(22)12-10-14/h2-3,6-7,9-12,15H,4-5,8,13H2,1H3. The quantitative estimate of drug-likeness (QED) is 0.576. The van der Waals surface area contributed by atoms with Crippen molar-refractivity contribution < 1.29 is 4.79 Å². The molecule has 1 heterocycles. The van der Waals surface area contributed by atoms with E-state index < -0.39 is 0 Å². The van der Waals surface area contributed by atoms with Gasteiger partial charge in [-0.05, 0) is 61.1 Å². The van der Waals surface area contributed by atoms with E-state index in [9.17, 15) is 4.79 Å². The number of carbonyl (C=O) groups excluding carboxylic acids is 1.